The number of nitrogens with zero attached hydrogens (tertiary/aromatic N) is 3. The van der Waals surface area contributed by atoms with Crippen LogP contribution in [0.3, 0.4) is 0 Å². The minimum Gasteiger partial charge on any atom is -0.207 e. The summed E-state index contributed by atoms with van der Waals surface area (Å²) in [6.07, 6.45) is 1.11. The molecule has 1 N–H and O–H groups in total. The summed E-state index contributed by atoms with van der Waals surface area (Å²) in [5.41, 5.74) is 0. The molecular weight excluding hydrogens is 178 g/mol. The van der Waals surface area contributed by atoms with Crippen molar-refractivity contribution in [2.45, 2.75) is 37.5 Å². The van der Waals surface area contributed by atoms with Gasteiger partial charge in [0.2, 0.25) is 5.92 Å². The molecule has 1 saturated carbocycles. The van der Waals surface area contributed by atoms with Crippen molar-refractivity contribution in [1.29, 1.82) is 0 Å². The van der Waals surface area contributed by atoms with E-state index in [4.69, 9.17) is 0 Å². The Labute approximate surface area is 73.7 Å². The van der Waals surface area contributed by atoms with Gasteiger partial charge in [-0.1, -0.05) is 5.21 Å². The molecule has 1 atom stereocenters. The minimum atomic E-state index is -2.55. The highest BCUT2D eigenvalue weighted by molar-refractivity contribution is 4.96. The number of rotatable bonds is 1. The van der Waals surface area contributed by atoms with E-state index in [9.17, 15) is 8.78 Å². The Hall–Kier alpha value is -1.07. The standard InChI is InChI=1S/C7H10F2N4/c8-7(9)3-1-2-5(4-7)6-10-12-13-11-6/h5H,1-4H2,(H,10,11,12,13). The third kappa shape index (κ3) is 1.81. The molecule has 0 aliphatic heterocycles. The van der Waals surface area contributed by atoms with Gasteiger partial charge in [0.25, 0.3) is 0 Å². The fraction of sp³-hybridized carbons (Fsp3) is 0.857. The van der Waals surface area contributed by atoms with Crippen molar-refractivity contribution in [3.63, 3.8) is 0 Å². The van der Waals surface area contributed by atoms with Crippen molar-refractivity contribution in [3.05, 3.63) is 5.82 Å². The molecule has 6 heteroatoms. The molecule has 1 aromatic heterocycles. The third-order valence-electron chi connectivity index (χ3n) is 2.37. The average molecular weight is 188 g/mol. The highest BCUT2D eigenvalue weighted by Crippen LogP contribution is 2.40. The number of H-pyrrole nitrogens is 1. The molecule has 0 saturated heterocycles. The Morgan fingerprint density at radius 1 is 1.46 bits per heavy atom. The second kappa shape index (κ2) is 3.01. The lowest BCUT2D eigenvalue weighted by Crippen LogP contribution is -2.25. The van der Waals surface area contributed by atoms with Gasteiger partial charge in [0, 0.05) is 18.8 Å². The molecule has 0 spiro atoms. The molecule has 2 rings (SSSR count). The van der Waals surface area contributed by atoms with Crippen LogP contribution < -0.4 is 0 Å². The Morgan fingerprint density at radius 2 is 2.31 bits per heavy atom. The van der Waals surface area contributed by atoms with Crippen molar-refractivity contribution < 1.29 is 8.78 Å². The molecule has 0 radical (unpaired) electrons. The van der Waals surface area contributed by atoms with Crippen LogP contribution in [-0.2, 0) is 0 Å². The Bertz CT molecular complexity index is 272. The maximum absolute atomic E-state index is 13.0. The molecule has 0 aromatic carbocycles. The summed E-state index contributed by atoms with van der Waals surface area (Å²) in [7, 11) is 0. The van der Waals surface area contributed by atoms with E-state index in [0.29, 0.717) is 12.2 Å². The van der Waals surface area contributed by atoms with E-state index in [0.717, 1.165) is 6.42 Å². The van der Waals surface area contributed by atoms with Crippen LogP contribution in [0.1, 0.15) is 37.4 Å². The van der Waals surface area contributed by atoms with Gasteiger partial charge >= 0.3 is 0 Å². The second-order valence-electron chi connectivity index (χ2n) is 3.42. The summed E-state index contributed by atoms with van der Waals surface area (Å²) in [6, 6.07) is 0. The molecule has 1 unspecified atom stereocenters. The fourth-order valence-electron chi connectivity index (χ4n) is 1.73. The highest BCUT2D eigenvalue weighted by Gasteiger charge is 2.38. The van der Waals surface area contributed by atoms with Crippen molar-refractivity contribution in [2.75, 3.05) is 0 Å². The van der Waals surface area contributed by atoms with Crippen LogP contribution in [0.15, 0.2) is 0 Å². The summed E-state index contributed by atoms with van der Waals surface area (Å²) in [5.74, 6) is -2.37. The zero-order valence-corrected chi connectivity index (χ0v) is 7.00. The highest BCUT2D eigenvalue weighted by atomic mass is 19.3. The molecule has 1 heterocycles. The number of aromatic amines is 1. The number of tetrazole rings is 1. The predicted molar refractivity (Wildman–Crippen MR) is 40.3 cm³/mol. The van der Waals surface area contributed by atoms with Gasteiger partial charge in [-0.25, -0.2) is 8.78 Å². The summed E-state index contributed by atoms with van der Waals surface area (Å²) in [4.78, 5) is 0. The van der Waals surface area contributed by atoms with Gasteiger partial charge in [-0.2, -0.15) is 5.21 Å². The molecule has 0 bridgehead atoms. The van der Waals surface area contributed by atoms with Crippen molar-refractivity contribution in [1.82, 2.24) is 20.6 Å². The van der Waals surface area contributed by atoms with Gasteiger partial charge in [0.15, 0.2) is 5.82 Å². The van der Waals surface area contributed by atoms with E-state index in [-0.39, 0.29) is 18.8 Å². The van der Waals surface area contributed by atoms with E-state index in [1.165, 1.54) is 0 Å². The van der Waals surface area contributed by atoms with Crippen molar-refractivity contribution in [2.24, 2.45) is 0 Å². The summed E-state index contributed by atoms with van der Waals surface area (Å²) < 4.78 is 25.9. The number of aromatic nitrogens is 4. The SMILES string of the molecule is FC1(F)CCCC(c2nn[nH]n2)C1. The van der Waals surface area contributed by atoms with Crippen LogP contribution in [0.25, 0.3) is 0 Å². The van der Waals surface area contributed by atoms with Crippen LogP contribution in [0, 0.1) is 0 Å². The largest absolute Gasteiger partial charge is 0.248 e. The molecule has 1 fully saturated rings. The van der Waals surface area contributed by atoms with Gasteiger partial charge in [-0.3, -0.25) is 0 Å². The first-order valence-corrected chi connectivity index (χ1v) is 4.28. The molecular formula is C7H10F2N4. The first kappa shape index (κ1) is 8.52. The van der Waals surface area contributed by atoms with Gasteiger partial charge in [-0.15, -0.1) is 10.2 Å². The number of halogens is 2. The smallest absolute Gasteiger partial charge is 0.207 e. The van der Waals surface area contributed by atoms with E-state index in [1.54, 1.807) is 0 Å². The van der Waals surface area contributed by atoms with E-state index in [1.807, 2.05) is 0 Å². The topological polar surface area (TPSA) is 54.5 Å². The van der Waals surface area contributed by atoms with Gasteiger partial charge < -0.3 is 0 Å². The summed E-state index contributed by atoms with van der Waals surface area (Å²) >= 11 is 0. The van der Waals surface area contributed by atoms with E-state index >= 15 is 0 Å². The predicted octanol–water partition coefficient (Wildman–Crippen LogP) is 1.49. The van der Waals surface area contributed by atoms with Gasteiger partial charge in [0.1, 0.15) is 0 Å². The van der Waals surface area contributed by atoms with Crippen molar-refractivity contribution in [3.8, 4) is 0 Å². The number of nitrogens with one attached hydrogen (secondary N) is 1. The molecule has 13 heavy (non-hydrogen) atoms. The molecule has 1 aliphatic rings. The number of hydrogen-bond donors (Lipinski definition) is 1. The van der Waals surface area contributed by atoms with E-state index < -0.39 is 5.92 Å². The lowest BCUT2D eigenvalue weighted by atomic mass is 9.86. The van der Waals surface area contributed by atoms with Gasteiger partial charge in [-0.05, 0) is 12.8 Å². The van der Waals surface area contributed by atoms with Crippen LogP contribution >= 0.6 is 0 Å². The molecule has 72 valence electrons. The normalized spacial score (nSPS) is 27.4. The zero-order chi connectivity index (χ0) is 9.31. The van der Waals surface area contributed by atoms with Crippen LogP contribution in [-0.4, -0.2) is 26.5 Å². The third-order valence-corrected chi connectivity index (χ3v) is 2.37. The Morgan fingerprint density at radius 3 is 2.92 bits per heavy atom. The first-order valence-electron chi connectivity index (χ1n) is 4.28. The monoisotopic (exact) mass is 188 g/mol. The van der Waals surface area contributed by atoms with Crippen LogP contribution in [0.5, 0.6) is 0 Å². The van der Waals surface area contributed by atoms with E-state index in [2.05, 4.69) is 20.6 Å². The first-order chi connectivity index (χ1) is 6.17. The molecule has 0 amide bonds. The molecule has 1 aliphatic carbocycles. The lowest BCUT2D eigenvalue weighted by Gasteiger charge is -2.26. The lowest BCUT2D eigenvalue weighted by molar-refractivity contribution is -0.0417. The zero-order valence-electron chi connectivity index (χ0n) is 7.00. The van der Waals surface area contributed by atoms with Crippen LogP contribution in [0.2, 0.25) is 0 Å². The minimum absolute atomic E-state index is 0.0125. The average Bonchev–Trinajstić information content (AvgIpc) is 2.53. The summed E-state index contributed by atoms with van der Waals surface area (Å²) in [5, 5.41) is 13.1. The molecule has 4 nitrogen and oxygen atoms in total. The quantitative estimate of drug-likeness (QED) is 0.726. The molecule has 1 aromatic rings. The fourth-order valence-corrected chi connectivity index (χ4v) is 1.73. The Kier molecular flexibility index (Phi) is 1.97. The van der Waals surface area contributed by atoms with Gasteiger partial charge in [0.05, 0.1) is 0 Å². The maximum atomic E-state index is 13.0. The van der Waals surface area contributed by atoms with Crippen molar-refractivity contribution >= 4 is 0 Å². The number of alkyl halides is 2. The maximum Gasteiger partial charge on any atom is 0.248 e. The number of hydrogen-bond acceptors (Lipinski definition) is 3. The Balaban J connectivity index is 2.09. The van der Waals surface area contributed by atoms with Crippen LogP contribution in [0.4, 0.5) is 8.78 Å². The second-order valence-corrected chi connectivity index (χ2v) is 3.42. The summed E-state index contributed by atoms with van der Waals surface area (Å²) in [6.45, 7) is 0.